The molecule has 1 aromatic heterocycles. The summed E-state index contributed by atoms with van der Waals surface area (Å²) in [5.41, 5.74) is 14.4. The highest BCUT2D eigenvalue weighted by molar-refractivity contribution is 6.15. The average molecular weight is 790 g/mol. The van der Waals surface area contributed by atoms with Crippen LogP contribution in [-0.2, 0) is 0 Å². The second-order valence-corrected chi connectivity index (χ2v) is 16.1. The molecule has 0 aliphatic rings. The first kappa shape index (κ1) is 35.7. The van der Waals surface area contributed by atoms with Gasteiger partial charge in [-0.05, 0) is 137 Å². The van der Waals surface area contributed by atoms with E-state index in [1.807, 2.05) is 6.07 Å². The summed E-state index contributed by atoms with van der Waals surface area (Å²) in [6.45, 7) is 0. The van der Waals surface area contributed by atoms with E-state index in [-0.39, 0.29) is 0 Å². The van der Waals surface area contributed by atoms with Gasteiger partial charge in [-0.25, -0.2) is 0 Å². The molecule has 12 aromatic rings. The van der Waals surface area contributed by atoms with Crippen LogP contribution < -0.4 is 4.90 Å². The molecule has 0 N–H and O–H groups in total. The van der Waals surface area contributed by atoms with Crippen LogP contribution >= 0.6 is 0 Å². The molecule has 11 aromatic carbocycles. The molecule has 0 unspecified atom stereocenters. The van der Waals surface area contributed by atoms with Gasteiger partial charge in [0.1, 0.15) is 5.58 Å². The van der Waals surface area contributed by atoms with Crippen LogP contribution in [0.3, 0.4) is 0 Å². The van der Waals surface area contributed by atoms with Crippen molar-refractivity contribution in [1.29, 1.82) is 0 Å². The van der Waals surface area contributed by atoms with E-state index >= 15 is 0 Å². The molecule has 0 aliphatic carbocycles. The van der Waals surface area contributed by atoms with Crippen molar-refractivity contribution in [1.82, 2.24) is 0 Å². The predicted molar refractivity (Wildman–Crippen MR) is 263 cm³/mol. The van der Waals surface area contributed by atoms with Crippen molar-refractivity contribution in [3.63, 3.8) is 0 Å². The third-order valence-electron chi connectivity index (χ3n) is 12.4. The molecule has 0 amide bonds. The summed E-state index contributed by atoms with van der Waals surface area (Å²) in [5, 5.41) is 9.62. The smallest absolute Gasteiger partial charge is 0.159 e. The highest BCUT2D eigenvalue weighted by Gasteiger charge is 2.20. The zero-order valence-corrected chi connectivity index (χ0v) is 33.9. The predicted octanol–water partition coefficient (Wildman–Crippen LogP) is 17.2. The highest BCUT2D eigenvalue weighted by atomic mass is 16.3. The molecule has 0 fully saturated rings. The first-order chi connectivity index (χ1) is 30.7. The van der Waals surface area contributed by atoms with Crippen LogP contribution in [0.2, 0.25) is 0 Å². The molecule has 0 spiro atoms. The minimum Gasteiger partial charge on any atom is -0.454 e. The molecule has 290 valence electrons. The van der Waals surface area contributed by atoms with Gasteiger partial charge in [-0.2, -0.15) is 0 Å². The molecule has 2 nitrogen and oxygen atoms in total. The number of furan rings is 1. The fourth-order valence-electron chi connectivity index (χ4n) is 9.32. The van der Waals surface area contributed by atoms with Crippen molar-refractivity contribution >= 4 is 71.3 Å². The maximum Gasteiger partial charge on any atom is 0.159 e. The van der Waals surface area contributed by atoms with Crippen molar-refractivity contribution in [2.24, 2.45) is 0 Å². The number of para-hydroxylation sites is 2. The van der Waals surface area contributed by atoms with E-state index in [2.05, 4.69) is 235 Å². The van der Waals surface area contributed by atoms with E-state index in [1.165, 1.54) is 71.3 Å². The first-order valence-electron chi connectivity index (χ1n) is 21.2. The Bertz CT molecular complexity index is 3610. The Morgan fingerprint density at radius 1 is 0.274 bits per heavy atom. The summed E-state index contributed by atoms with van der Waals surface area (Å²) < 4.78 is 6.67. The summed E-state index contributed by atoms with van der Waals surface area (Å²) in [5.74, 6) is 0. The van der Waals surface area contributed by atoms with E-state index in [0.29, 0.717) is 0 Å². The molecule has 62 heavy (non-hydrogen) atoms. The standard InChI is InChI=1S/C60H39NO/c1-3-12-40(13-4-1)47-28-34-52-49(37-47)39-56(57-38-48(29-35-53(52)57)41-14-5-2-6-15-41)44-26-32-51(33-27-44)61(58-20-11-19-55-54-18-9-10-21-59(54)62-60(55)58)50-30-24-43(25-31-50)46-23-22-42-16-7-8-17-45(42)36-46/h1-39H. The number of anilines is 3. The minimum absolute atomic E-state index is 0.861. The minimum atomic E-state index is 0.861. The Morgan fingerprint density at radius 2 is 0.806 bits per heavy atom. The maximum atomic E-state index is 6.67. The average Bonchev–Trinajstić information content (AvgIpc) is 3.74. The van der Waals surface area contributed by atoms with Crippen LogP contribution in [0, 0.1) is 0 Å². The monoisotopic (exact) mass is 789 g/mol. The molecule has 0 atom stereocenters. The van der Waals surface area contributed by atoms with Crippen LogP contribution in [0.25, 0.3) is 98.8 Å². The molecule has 1 heterocycles. The summed E-state index contributed by atoms with van der Waals surface area (Å²) in [6.07, 6.45) is 0. The second kappa shape index (κ2) is 14.8. The molecule has 0 saturated heterocycles. The maximum absolute atomic E-state index is 6.67. The number of rotatable bonds is 7. The topological polar surface area (TPSA) is 16.4 Å². The summed E-state index contributed by atoms with van der Waals surface area (Å²) >= 11 is 0. The van der Waals surface area contributed by atoms with Crippen molar-refractivity contribution < 1.29 is 4.42 Å². The third kappa shape index (κ3) is 6.20. The number of fused-ring (bicyclic) bond motifs is 7. The van der Waals surface area contributed by atoms with Crippen LogP contribution in [0.15, 0.2) is 241 Å². The molecular weight excluding hydrogens is 751 g/mol. The molecule has 0 aliphatic heterocycles. The van der Waals surface area contributed by atoms with E-state index in [0.717, 1.165) is 44.6 Å². The lowest BCUT2D eigenvalue weighted by atomic mass is 9.89. The third-order valence-corrected chi connectivity index (χ3v) is 12.4. The number of hydrogen-bond donors (Lipinski definition) is 0. The van der Waals surface area contributed by atoms with Crippen molar-refractivity contribution in [3.8, 4) is 44.5 Å². The normalized spacial score (nSPS) is 11.5. The van der Waals surface area contributed by atoms with E-state index in [9.17, 15) is 0 Å². The van der Waals surface area contributed by atoms with Crippen LogP contribution in [0.4, 0.5) is 17.1 Å². The Hall–Kier alpha value is -8.20. The molecule has 0 bridgehead atoms. The number of benzene rings is 11. The fourth-order valence-corrected chi connectivity index (χ4v) is 9.32. The summed E-state index contributed by atoms with van der Waals surface area (Å²) in [6, 6.07) is 85.5. The quantitative estimate of drug-likeness (QED) is 0.150. The van der Waals surface area contributed by atoms with Gasteiger partial charge in [0.15, 0.2) is 5.58 Å². The van der Waals surface area contributed by atoms with Crippen molar-refractivity contribution in [2.75, 3.05) is 4.90 Å². The lowest BCUT2D eigenvalue weighted by Crippen LogP contribution is -2.10. The van der Waals surface area contributed by atoms with Crippen molar-refractivity contribution in [2.45, 2.75) is 0 Å². The Balaban J connectivity index is 1.01. The van der Waals surface area contributed by atoms with Gasteiger partial charge in [0.2, 0.25) is 0 Å². The SMILES string of the molecule is c1ccc(-c2ccc3c(c2)cc(-c2ccc(N(c4ccc(-c5ccc6ccccc6c5)cc4)c4cccc5c4oc4ccccc45)cc2)c2cc(-c4ccccc4)ccc23)cc1. The van der Waals surface area contributed by atoms with Crippen molar-refractivity contribution in [3.05, 3.63) is 237 Å². The fraction of sp³-hybridized carbons (Fsp3) is 0. The molecular formula is C60H39NO. The van der Waals surface area contributed by atoms with Gasteiger partial charge < -0.3 is 9.32 Å². The van der Waals surface area contributed by atoms with Crippen LogP contribution in [0.5, 0.6) is 0 Å². The lowest BCUT2D eigenvalue weighted by Gasteiger charge is -2.26. The van der Waals surface area contributed by atoms with Crippen LogP contribution in [0.1, 0.15) is 0 Å². The molecule has 2 heteroatoms. The Kier molecular flexibility index (Phi) is 8.53. The molecule has 0 radical (unpaired) electrons. The molecule has 0 saturated carbocycles. The first-order valence-corrected chi connectivity index (χ1v) is 21.2. The summed E-state index contributed by atoms with van der Waals surface area (Å²) in [7, 11) is 0. The van der Waals surface area contributed by atoms with Gasteiger partial charge >= 0.3 is 0 Å². The Labute approximate surface area is 360 Å². The van der Waals surface area contributed by atoms with Gasteiger partial charge in [0.25, 0.3) is 0 Å². The van der Waals surface area contributed by atoms with Gasteiger partial charge in [0.05, 0.1) is 5.69 Å². The Morgan fingerprint density at radius 3 is 1.53 bits per heavy atom. The molecule has 12 rings (SSSR count). The van der Waals surface area contributed by atoms with Crippen LogP contribution in [-0.4, -0.2) is 0 Å². The summed E-state index contributed by atoms with van der Waals surface area (Å²) in [4.78, 5) is 2.33. The highest BCUT2D eigenvalue weighted by Crippen LogP contribution is 2.44. The largest absolute Gasteiger partial charge is 0.454 e. The zero-order chi connectivity index (χ0) is 41.0. The second-order valence-electron chi connectivity index (χ2n) is 16.1. The van der Waals surface area contributed by atoms with Gasteiger partial charge in [-0.3, -0.25) is 0 Å². The van der Waals surface area contributed by atoms with E-state index < -0.39 is 0 Å². The lowest BCUT2D eigenvalue weighted by molar-refractivity contribution is 0.669. The van der Waals surface area contributed by atoms with E-state index in [4.69, 9.17) is 4.42 Å². The van der Waals surface area contributed by atoms with E-state index in [1.54, 1.807) is 0 Å². The van der Waals surface area contributed by atoms with Gasteiger partial charge in [-0.1, -0.05) is 176 Å². The number of nitrogens with zero attached hydrogens (tertiary/aromatic N) is 1. The van der Waals surface area contributed by atoms with Gasteiger partial charge in [-0.15, -0.1) is 0 Å². The van der Waals surface area contributed by atoms with Gasteiger partial charge in [0, 0.05) is 22.1 Å². The number of hydrogen-bond acceptors (Lipinski definition) is 2. The zero-order valence-electron chi connectivity index (χ0n) is 33.9.